The van der Waals surface area contributed by atoms with Crippen LogP contribution >= 0.6 is 0 Å². The Balaban J connectivity index is 1.21. The van der Waals surface area contributed by atoms with Crippen LogP contribution in [0, 0.1) is 22.7 Å². The monoisotopic (exact) mass is 638 g/mol. The summed E-state index contributed by atoms with van der Waals surface area (Å²) in [6, 6.07) is 49.7. The fraction of sp³-hybridized carbons (Fsp3) is 0. The number of fused-ring (bicyclic) bond motifs is 13. The maximum Gasteiger partial charge on any atom is 0.137 e. The number of furan rings is 2. The highest BCUT2D eigenvalue weighted by atomic mass is 16.3. The second-order valence-electron chi connectivity index (χ2n) is 12.8. The lowest BCUT2D eigenvalue weighted by Gasteiger charge is -2.10. The molecule has 6 nitrogen and oxygen atoms in total. The quantitative estimate of drug-likeness (QED) is 0.189. The molecule has 230 valence electrons. The summed E-state index contributed by atoms with van der Waals surface area (Å²) in [5, 5.41) is 27.7. The molecule has 0 aliphatic heterocycles. The standard InChI is InChI=1S/C44H22N4O2/c45-23-25-9-14-37-32(19-25)29-5-1-3-7-36(29)47(37)27-11-16-40-34(21-27)35-22-28(12-17-41(35)49-40)48-38-15-10-26(24-46)20-33(38)30-13-18-42-43(44(30)48)31-6-2-4-8-39(31)50-42/h1-22H. The summed E-state index contributed by atoms with van der Waals surface area (Å²) in [5.74, 6) is 0. The van der Waals surface area contributed by atoms with Crippen LogP contribution in [0.2, 0.25) is 0 Å². The molecular formula is C44H22N4O2. The highest BCUT2D eigenvalue weighted by Crippen LogP contribution is 2.42. The number of para-hydroxylation sites is 2. The second kappa shape index (κ2) is 9.64. The van der Waals surface area contributed by atoms with Crippen LogP contribution in [-0.2, 0) is 0 Å². The molecule has 0 N–H and O–H groups in total. The van der Waals surface area contributed by atoms with Crippen molar-refractivity contribution in [3.05, 3.63) is 145 Å². The molecule has 11 aromatic rings. The van der Waals surface area contributed by atoms with Gasteiger partial charge in [0.1, 0.15) is 22.3 Å². The molecule has 6 heteroatoms. The van der Waals surface area contributed by atoms with E-state index in [2.05, 4.69) is 69.8 Å². The van der Waals surface area contributed by atoms with Crippen LogP contribution in [0.4, 0.5) is 0 Å². The van der Waals surface area contributed by atoms with Crippen molar-refractivity contribution in [3.8, 4) is 23.5 Å². The number of hydrogen-bond donors (Lipinski definition) is 0. The van der Waals surface area contributed by atoms with Crippen molar-refractivity contribution in [1.29, 1.82) is 10.5 Å². The third-order valence-electron chi connectivity index (χ3n) is 10.2. The molecule has 0 atom stereocenters. The van der Waals surface area contributed by atoms with Crippen molar-refractivity contribution in [2.24, 2.45) is 0 Å². The fourth-order valence-electron chi connectivity index (χ4n) is 8.01. The smallest absolute Gasteiger partial charge is 0.137 e. The molecule has 7 aromatic carbocycles. The molecule has 0 saturated carbocycles. The van der Waals surface area contributed by atoms with E-state index in [0.717, 1.165) is 98.9 Å². The molecule has 0 bridgehead atoms. The van der Waals surface area contributed by atoms with Gasteiger partial charge in [0.25, 0.3) is 0 Å². The Morgan fingerprint density at radius 1 is 0.400 bits per heavy atom. The van der Waals surface area contributed by atoms with Crippen molar-refractivity contribution in [3.63, 3.8) is 0 Å². The van der Waals surface area contributed by atoms with E-state index in [1.807, 2.05) is 84.9 Å². The molecule has 0 aliphatic rings. The molecule has 0 spiro atoms. The molecule has 0 aliphatic carbocycles. The van der Waals surface area contributed by atoms with Gasteiger partial charge in [-0.05, 0) is 97.1 Å². The molecule has 0 amide bonds. The highest BCUT2D eigenvalue weighted by Gasteiger charge is 2.21. The molecule has 0 fully saturated rings. The zero-order valence-corrected chi connectivity index (χ0v) is 26.3. The van der Waals surface area contributed by atoms with Gasteiger partial charge in [-0.1, -0.05) is 36.4 Å². The van der Waals surface area contributed by atoms with Gasteiger partial charge in [0, 0.05) is 49.1 Å². The average Bonchev–Trinajstić information content (AvgIpc) is 3.91. The Bertz CT molecular complexity index is 3360. The van der Waals surface area contributed by atoms with Gasteiger partial charge in [-0.25, -0.2) is 0 Å². The first-order chi connectivity index (χ1) is 24.7. The summed E-state index contributed by atoms with van der Waals surface area (Å²) in [7, 11) is 0. The maximum absolute atomic E-state index is 9.80. The topological polar surface area (TPSA) is 83.7 Å². The minimum atomic E-state index is 0.617. The number of hydrogen-bond acceptors (Lipinski definition) is 4. The Morgan fingerprint density at radius 2 is 0.940 bits per heavy atom. The minimum absolute atomic E-state index is 0.617. The summed E-state index contributed by atoms with van der Waals surface area (Å²) in [6.07, 6.45) is 0. The van der Waals surface area contributed by atoms with E-state index >= 15 is 0 Å². The lowest BCUT2D eigenvalue weighted by Crippen LogP contribution is -1.94. The summed E-state index contributed by atoms with van der Waals surface area (Å²) < 4.78 is 17.3. The van der Waals surface area contributed by atoms with E-state index in [4.69, 9.17) is 8.83 Å². The van der Waals surface area contributed by atoms with Crippen LogP contribution < -0.4 is 0 Å². The molecule has 4 heterocycles. The van der Waals surface area contributed by atoms with Gasteiger partial charge in [0.2, 0.25) is 0 Å². The summed E-state index contributed by atoms with van der Waals surface area (Å²) in [5.41, 5.74) is 10.6. The van der Waals surface area contributed by atoms with Crippen LogP contribution in [0.5, 0.6) is 0 Å². The van der Waals surface area contributed by atoms with Gasteiger partial charge in [-0.15, -0.1) is 0 Å². The third kappa shape index (κ3) is 3.49. The van der Waals surface area contributed by atoms with Crippen LogP contribution in [0.15, 0.2) is 142 Å². The molecule has 0 saturated heterocycles. The first kappa shape index (κ1) is 26.8. The van der Waals surface area contributed by atoms with Gasteiger partial charge in [0.05, 0.1) is 50.7 Å². The van der Waals surface area contributed by atoms with Crippen LogP contribution in [0.3, 0.4) is 0 Å². The molecular weight excluding hydrogens is 617 g/mol. The van der Waals surface area contributed by atoms with Crippen molar-refractivity contribution in [1.82, 2.24) is 9.13 Å². The van der Waals surface area contributed by atoms with Crippen molar-refractivity contribution in [2.45, 2.75) is 0 Å². The first-order valence-corrected chi connectivity index (χ1v) is 16.4. The second-order valence-corrected chi connectivity index (χ2v) is 12.8. The first-order valence-electron chi connectivity index (χ1n) is 16.4. The van der Waals surface area contributed by atoms with E-state index in [9.17, 15) is 10.5 Å². The van der Waals surface area contributed by atoms with Gasteiger partial charge in [-0.2, -0.15) is 10.5 Å². The lowest BCUT2D eigenvalue weighted by molar-refractivity contribution is 0.668. The predicted molar refractivity (Wildman–Crippen MR) is 199 cm³/mol. The van der Waals surface area contributed by atoms with E-state index in [1.165, 1.54) is 0 Å². The molecule has 0 radical (unpaired) electrons. The molecule has 0 unspecified atom stereocenters. The number of benzene rings is 7. The minimum Gasteiger partial charge on any atom is -0.456 e. The van der Waals surface area contributed by atoms with E-state index in [1.54, 1.807) is 0 Å². The van der Waals surface area contributed by atoms with E-state index in [0.29, 0.717) is 11.1 Å². The zero-order chi connectivity index (χ0) is 33.1. The van der Waals surface area contributed by atoms with Crippen molar-refractivity contribution >= 4 is 87.5 Å². The van der Waals surface area contributed by atoms with Gasteiger partial charge >= 0.3 is 0 Å². The largest absolute Gasteiger partial charge is 0.456 e. The van der Waals surface area contributed by atoms with E-state index < -0.39 is 0 Å². The predicted octanol–water partition coefficient (Wildman–Crippen LogP) is 11.4. The normalized spacial score (nSPS) is 12.0. The molecule has 50 heavy (non-hydrogen) atoms. The molecule has 4 aromatic heterocycles. The zero-order valence-electron chi connectivity index (χ0n) is 26.3. The van der Waals surface area contributed by atoms with Gasteiger partial charge < -0.3 is 18.0 Å². The average molecular weight is 639 g/mol. The maximum atomic E-state index is 9.80. The van der Waals surface area contributed by atoms with Gasteiger partial charge in [-0.3, -0.25) is 0 Å². The number of aromatic nitrogens is 2. The third-order valence-corrected chi connectivity index (χ3v) is 10.2. The SMILES string of the molecule is N#Cc1ccc2c(c1)c1ccccc1n2-c1ccc2oc3ccc(-n4c5ccc(C#N)cc5c5ccc6oc7ccccc7c6c54)cc3c2c1. The van der Waals surface area contributed by atoms with Crippen molar-refractivity contribution in [2.75, 3.05) is 0 Å². The lowest BCUT2D eigenvalue weighted by atomic mass is 10.1. The highest BCUT2D eigenvalue weighted by molar-refractivity contribution is 6.25. The fourth-order valence-corrected chi connectivity index (χ4v) is 8.01. The van der Waals surface area contributed by atoms with Crippen molar-refractivity contribution < 1.29 is 8.83 Å². The molecule has 11 rings (SSSR count). The Labute approximate surface area is 283 Å². The van der Waals surface area contributed by atoms with Crippen LogP contribution in [-0.4, -0.2) is 9.13 Å². The summed E-state index contributed by atoms with van der Waals surface area (Å²) >= 11 is 0. The van der Waals surface area contributed by atoms with Gasteiger partial charge in [0.15, 0.2) is 0 Å². The van der Waals surface area contributed by atoms with E-state index in [-0.39, 0.29) is 0 Å². The van der Waals surface area contributed by atoms with Crippen LogP contribution in [0.1, 0.15) is 11.1 Å². The number of nitriles is 2. The Hall–Kier alpha value is -7.28. The summed E-state index contributed by atoms with van der Waals surface area (Å²) in [4.78, 5) is 0. The van der Waals surface area contributed by atoms with Crippen LogP contribution in [0.25, 0.3) is 98.9 Å². The Morgan fingerprint density at radius 3 is 1.66 bits per heavy atom. The summed E-state index contributed by atoms with van der Waals surface area (Å²) in [6.45, 7) is 0. The Kier molecular flexibility index (Phi) is 5.16. The number of rotatable bonds is 2. The number of nitrogens with zero attached hydrogens (tertiary/aromatic N) is 4.